The van der Waals surface area contributed by atoms with Crippen LogP contribution < -0.4 is 5.32 Å². The first kappa shape index (κ1) is 21.5. The SMILES string of the molecule is O=S(=O)(c1ccc(F)cc1)N1CCN(C(=S)Nc2ccccc2C(F)(F)F)CC1. The van der Waals surface area contributed by atoms with Gasteiger partial charge in [0.05, 0.1) is 16.1 Å². The number of thiocarbonyl (C=S) groups is 1. The normalized spacial score (nSPS) is 15.9. The van der Waals surface area contributed by atoms with Crippen LogP contribution in [0.1, 0.15) is 5.56 Å². The first-order valence-electron chi connectivity index (χ1n) is 8.57. The fraction of sp³-hybridized carbons (Fsp3) is 0.278. The van der Waals surface area contributed by atoms with Gasteiger partial charge in [0.15, 0.2) is 5.11 Å². The van der Waals surface area contributed by atoms with Crippen LogP contribution in [0.4, 0.5) is 23.2 Å². The number of benzene rings is 2. The topological polar surface area (TPSA) is 52.7 Å². The molecule has 11 heteroatoms. The molecule has 0 aliphatic carbocycles. The third-order valence-electron chi connectivity index (χ3n) is 4.45. The summed E-state index contributed by atoms with van der Waals surface area (Å²) in [4.78, 5) is 1.59. The smallest absolute Gasteiger partial charge is 0.346 e. The van der Waals surface area contributed by atoms with Gasteiger partial charge < -0.3 is 10.2 Å². The maximum absolute atomic E-state index is 13.1. The molecule has 1 fully saturated rings. The van der Waals surface area contributed by atoms with E-state index in [2.05, 4.69) is 5.32 Å². The Balaban J connectivity index is 1.65. The van der Waals surface area contributed by atoms with E-state index in [4.69, 9.17) is 12.2 Å². The molecule has 0 saturated carbocycles. The Kier molecular flexibility index (Phi) is 6.11. The minimum Gasteiger partial charge on any atom is -0.346 e. The van der Waals surface area contributed by atoms with Gasteiger partial charge in [-0.25, -0.2) is 12.8 Å². The maximum atomic E-state index is 13.1. The first-order valence-corrected chi connectivity index (χ1v) is 10.4. The molecule has 1 heterocycles. The second-order valence-corrected chi connectivity index (χ2v) is 8.64. The Morgan fingerprint density at radius 2 is 1.55 bits per heavy atom. The van der Waals surface area contributed by atoms with Gasteiger partial charge in [-0.1, -0.05) is 12.1 Å². The van der Waals surface area contributed by atoms with Crippen molar-refractivity contribution < 1.29 is 26.0 Å². The van der Waals surface area contributed by atoms with Crippen molar-refractivity contribution in [2.24, 2.45) is 0 Å². The number of hydrogen-bond acceptors (Lipinski definition) is 3. The monoisotopic (exact) mass is 447 g/mol. The lowest BCUT2D eigenvalue weighted by atomic mass is 10.1. The summed E-state index contributed by atoms with van der Waals surface area (Å²) in [6.45, 7) is 0.617. The van der Waals surface area contributed by atoms with Gasteiger partial charge >= 0.3 is 6.18 Å². The molecule has 5 nitrogen and oxygen atoms in total. The van der Waals surface area contributed by atoms with Crippen LogP contribution in [0, 0.1) is 5.82 Å². The van der Waals surface area contributed by atoms with Crippen molar-refractivity contribution in [2.75, 3.05) is 31.5 Å². The van der Waals surface area contributed by atoms with Crippen LogP contribution in [0.5, 0.6) is 0 Å². The van der Waals surface area contributed by atoms with E-state index in [1.165, 1.54) is 34.6 Å². The summed E-state index contributed by atoms with van der Waals surface area (Å²) in [5.74, 6) is -0.538. The Morgan fingerprint density at radius 1 is 0.966 bits per heavy atom. The minimum atomic E-state index is -4.53. The molecule has 0 radical (unpaired) electrons. The van der Waals surface area contributed by atoms with Crippen molar-refractivity contribution in [2.45, 2.75) is 11.1 Å². The van der Waals surface area contributed by atoms with Gasteiger partial charge in [0.25, 0.3) is 0 Å². The zero-order valence-electron chi connectivity index (χ0n) is 15.0. The Labute approximate surface area is 171 Å². The first-order chi connectivity index (χ1) is 13.6. The van der Waals surface area contributed by atoms with E-state index in [1.807, 2.05) is 0 Å². The van der Waals surface area contributed by atoms with E-state index >= 15 is 0 Å². The molecule has 0 spiro atoms. The van der Waals surface area contributed by atoms with Crippen LogP contribution in [-0.2, 0) is 16.2 Å². The van der Waals surface area contributed by atoms with Crippen molar-refractivity contribution in [1.82, 2.24) is 9.21 Å². The summed E-state index contributed by atoms with van der Waals surface area (Å²) < 4.78 is 78.9. The molecule has 2 aromatic carbocycles. The summed E-state index contributed by atoms with van der Waals surface area (Å²) in [6.07, 6.45) is -4.53. The van der Waals surface area contributed by atoms with Gasteiger partial charge in [-0.2, -0.15) is 17.5 Å². The van der Waals surface area contributed by atoms with Crippen LogP contribution in [0.3, 0.4) is 0 Å². The third kappa shape index (κ3) is 4.85. The number of nitrogens with zero attached hydrogens (tertiary/aromatic N) is 2. The van der Waals surface area contributed by atoms with Crippen molar-refractivity contribution in [3.8, 4) is 0 Å². The predicted octanol–water partition coefficient (Wildman–Crippen LogP) is 3.55. The van der Waals surface area contributed by atoms with E-state index in [-0.39, 0.29) is 41.9 Å². The molecule has 0 bridgehead atoms. The fourth-order valence-electron chi connectivity index (χ4n) is 2.92. The standard InChI is InChI=1S/C18H17F4N3O2S2/c19-13-5-7-14(8-6-13)29(26,27)25-11-9-24(10-12-25)17(28)23-16-4-2-1-3-15(16)18(20,21)22/h1-8H,9-12H2,(H,23,28). The van der Waals surface area contributed by atoms with Gasteiger partial charge in [0.2, 0.25) is 10.0 Å². The average Bonchev–Trinajstić information content (AvgIpc) is 2.68. The van der Waals surface area contributed by atoms with Crippen LogP contribution in [-0.4, -0.2) is 48.9 Å². The lowest BCUT2D eigenvalue weighted by Crippen LogP contribution is -2.51. The third-order valence-corrected chi connectivity index (χ3v) is 6.72. The maximum Gasteiger partial charge on any atom is 0.418 e. The highest BCUT2D eigenvalue weighted by Gasteiger charge is 2.34. The average molecular weight is 447 g/mol. The molecule has 29 heavy (non-hydrogen) atoms. The van der Waals surface area contributed by atoms with Crippen molar-refractivity contribution in [3.63, 3.8) is 0 Å². The molecule has 1 saturated heterocycles. The molecule has 1 N–H and O–H groups in total. The number of nitrogens with one attached hydrogen (secondary N) is 1. The molecule has 0 aromatic heterocycles. The highest BCUT2D eigenvalue weighted by atomic mass is 32.2. The van der Waals surface area contributed by atoms with Crippen molar-refractivity contribution >= 4 is 33.0 Å². The number of rotatable bonds is 3. The van der Waals surface area contributed by atoms with Gasteiger partial charge in [0, 0.05) is 26.2 Å². The molecule has 156 valence electrons. The number of sulfonamides is 1. The summed E-state index contributed by atoms with van der Waals surface area (Å²) in [6, 6.07) is 9.52. The molecule has 2 aromatic rings. The Hall–Kier alpha value is -2.24. The van der Waals surface area contributed by atoms with Gasteiger partial charge in [-0.05, 0) is 48.6 Å². The lowest BCUT2D eigenvalue weighted by molar-refractivity contribution is -0.136. The summed E-state index contributed by atoms with van der Waals surface area (Å²) in [5.41, 5.74) is -0.994. The molecule has 3 rings (SSSR count). The molecule has 0 unspecified atom stereocenters. The number of anilines is 1. The quantitative estimate of drug-likeness (QED) is 0.576. The minimum absolute atomic E-state index is 0.0212. The van der Waals surface area contributed by atoms with Crippen LogP contribution in [0.25, 0.3) is 0 Å². The second kappa shape index (κ2) is 8.25. The Bertz CT molecular complexity index is 987. The fourth-order valence-corrected chi connectivity index (χ4v) is 4.64. The van der Waals surface area contributed by atoms with Crippen molar-refractivity contribution in [3.05, 3.63) is 59.9 Å². The van der Waals surface area contributed by atoms with Crippen LogP contribution >= 0.6 is 12.2 Å². The highest BCUT2D eigenvalue weighted by Crippen LogP contribution is 2.34. The number of halogens is 4. The molecule has 0 amide bonds. The van der Waals surface area contributed by atoms with Crippen LogP contribution in [0.2, 0.25) is 0 Å². The number of alkyl halides is 3. The number of hydrogen-bond donors (Lipinski definition) is 1. The lowest BCUT2D eigenvalue weighted by Gasteiger charge is -2.35. The Morgan fingerprint density at radius 3 is 2.14 bits per heavy atom. The zero-order valence-corrected chi connectivity index (χ0v) is 16.6. The zero-order chi connectivity index (χ0) is 21.2. The molecular formula is C18H17F4N3O2S2. The predicted molar refractivity (Wildman–Crippen MR) is 104 cm³/mol. The number of piperazine rings is 1. The molecule has 0 atom stereocenters. The molecular weight excluding hydrogens is 430 g/mol. The van der Waals surface area contributed by atoms with E-state index in [0.717, 1.165) is 18.2 Å². The highest BCUT2D eigenvalue weighted by molar-refractivity contribution is 7.89. The van der Waals surface area contributed by atoms with Gasteiger partial charge in [0.1, 0.15) is 5.82 Å². The molecule has 1 aliphatic rings. The molecule has 1 aliphatic heterocycles. The second-order valence-electron chi connectivity index (χ2n) is 6.32. The van der Waals surface area contributed by atoms with Gasteiger partial charge in [-0.15, -0.1) is 0 Å². The van der Waals surface area contributed by atoms with Crippen molar-refractivity contribution in [1.29, 1.82) is 0 Å². The van der Waals surface area contributed by atoms with Gasteiger partial charge in [-0.3, -0.25) is 0 Å². The summed E-state index contributed by atoms with van der Waals surface area (Å²) in [5, 5.41) is 2.69. The summed E-state index contributed by atoms with van der Waals surface area (Å²) >= 11 is 5.22. The summed E-state index contributed by atoms with van der Waals surface area (Å²) in [7, 11) is -3.79. The van der Waals surface area contributed by atoms with Crippen LogP contribution in [0.15, 0.2) is 53.4 Å². The van der Waals surface area contributed by atoms with E-state index in [0.29, 0.717) is 0 Å². The number of para-hydroxylation sites is 1. The van der Waals surface area contributed by atoms with E-state index in [9.17, 15) is 26.0 Å². The van der Waals surface area contributed by atoms with E-state index in [1.54, 1.807) is 4.90 Å². The largest absolute Gasteiger partial charge is 0.418 e. The van der Waals surface area contributed by atoms with E-state index < -0.39 is 27.6 Å².